The summed E-state index contributed by atoms with van der Waals surface area (Å²) in [7, 11) is 0. The van der Waals surface area contributed by atoms with Gasteiger partial charge in [-0.2, -0.15) is 0 Å². The number of benzene rings is 1. The van der Waals surface area contributed by atoms with Crippen LogP contribution in [-0.2, 0) is 9.53 Å². The lowest BCUT2D eigenvalue weighted by Crippen LogP contribution is -2.43. The van der Waals surface area contributed by atoms with Crippen molar-refractivity contribution >= 4 is 11.6 Å². The molecule has 1 N–H and O–H groups in total. The lowest BCUT2D eigenvalue weighted by atomic mass is 9.97. The van der Waals surface area contributed by atoms with Gasteiger partial charge < -0.3 is 14.8 Å². The van der Waals surface area contributed by atoms with E-state index in [0.29, 0.717) is 13.2 Å². The Morgan fingerprint density at radius 2 is 1.70 bits per heavy atom. The molecule has 0 spiro atoms. The van der Waals surface area contributed by atoms with Crippen LogP contribution in [0.25, 0.3) is 0 Å². The Kier molecular flexibility index (Phi) is 8.70. The van der Waals surface area contributed by atoms with E-state index in [1.165, 1.54) is 0 Å². The summed E-state index contributed by atoms with van der Waals surface area (Å²) in [5.41, 5.74) is -0.00897. The molecule has 0 bridgehead atoms. The Morgan fingerprint density at radius 3 is 2.26 bits per heavy atom. The fraction of sp³-hybridized carbons (Fsp3) is 0.632. The van der Waals surface area contributed by atoms with Gasteiger partial charge in [-0.15, -0.1) is 0 Å². The first kappa shape index (κ1) is 19.5. The van der Waals surface area contributed by atoms with Crippen molar-refractivity contribution in [1.29, 1.82) is 0 Å². The Hall–Kier alpha value is -1.55. The van der Waals surface area contributed by atoms with Crippen LogP contribution < -0.4 is 10.1 Å². The molecule has 4 nitrogen and oxygen atoms in total. The number of unbranched alkanes of at least 4 members (excludes halogenated alkanes) is 1. The molecule has 1 aromatic carbocycles. The number of ether oxygens (including phenoxy) is 2. The maximum absolute atomic E-state index is 12.6. The molecule has 0 fully saturated rings. The molecule has 1 atom stereocenters. The third-order valence-corrected chi connectivity index (χ3v) is 3.70. The van der Waals surface area contributed by atoms with Crippen LogP contribution in [-0.4, -0.2) is 24.7 Å². The van der Waals surface area contributed by atoms with Crippen molar-refractivity contribution in [2.24, 2.45) is 0 Å². The van der Waals surface area contributed by atoms with Gasteiger partial charge in [0.15, 0.2) is 0 Å². The summed E-state index contributed by atoms with van der Waals surface area (Å²) in [6.45, 7) is 9.41. The monoisotopic (exact) mass is 321 g/mol. The highest BCUT2D eigenvalue weighted by atomic mass is 16.5. The molecule has 0 aromatic heterocycles. The van der Waals surface area contributed by atoms with Gasteiger partial charge in [0.1, 0.15) is 11.4 Å². The molecule has 0 saturated carbocycles. The fourth-order valence-corrected chi connectivity index (χ4v) is 2.21. The molecule has 0 radical (unpaired) electrons. The average molecular weight is 321 g/mol. The quantitative estimate of drug-likeness (QED) is 0.637. The van der Waals surface area contributed by atoms with Crippen LogP contribution in [0.5, 0.6) is 5.75 Å². The number of nitrogens with one attached hydrogen (secondary N) is 1. The van der Waals surface area contributed by atoms with E-state index >= 15 is 0 Å². The van der Waals surface area contributed by atoms with Gasteiger partial charge in [0.25, 0.3) is 5.91 Å². The minimum atomic E-state index is -0.774. The van der Waals surface area contributed by atoms with Crippen molar-refractivity contribution in [3.63, 3.8) is 0 Å². The van der Waals surface area contributed by atoms with Gasteiger partial charge in [-0.1, -0.05) is 33.6 Å². The molecule has 0 aliphatic carbocycles. The molecule has 1 amide bonds. The van der Waals surface area contributed by atoms with Crippen molar-refractivity contribution in [2.45, 2.75) is 65.4 Å². The molecule has 0 saturated heterocycles. The summed E-state index contributed by atoms with van der Waals surface area (Å²) < 4.78 is 11.4. The summed E-state index contributed by atoms with van der Waals surface area (Å²) in [5, 5.41) is 2.96. The molecule has 23 heavy (non-hydrogen) atoms. The van der Waals surface area contributed by atoms with E-state index in [2.05, 4.69) is 19.2 Å². The van der Waals surface area contributed by atoms with Crippen molar-refractivity contribution < 1.29 is 14.3 Å². The van der Waals surface area contributed by atoms with Gasteiger partial charge in [0.2, 0.25) is 0 Å². The van der Waals surface area contributed by atoms with Crippen molar-refractivity contribution in [3.8, 4) is 5.75 Å². The van der Waals surface area contributed by atoms with Gasteiger partial charge in [0, 0.05) is 12.3 Å². The Labute approximate surface area is 140 Å². The topological polar surface area (TPSA) is 47.6 Å². The van der Waals surface area contributed by atoms with Crippen molar-refractivity contribution in [1.82, 2.24) is 0 Å². The first-order chi connectivity index (χ1) is 11.1. The van der Waals surface area contributed by atoms with Crippen molar-refractivity contribution in [2.75, 3.05) is 18.5 Å². The summed E-state index contributed by atoms with van der Waals surface area (Å²) in [6, 6.07) is 7.48. The van der Waals surface area contributed by atoms with Crippen LogP contribution in [0.4, 0.5) is 5.69 Å². The van der Waals surface area contributed by atoms with E-state index in [4.69, 9.17) is 9.47 Å². The predicted octanol–water partition coefficient (Wildman–Crippen LogP) is 4.79. The second-order valence-electron chi connectivity index (χ2n) is 6.01. The Bertz CT molecular complexity index is 448. The molecule has 0 heterocycles. The molecule has 0 aliphatic heterocycles. The zero-order valence-electron chi connectivity index (χ0n) is 15.0. The maximum atomic E-state index is 12.6. The molecular formula is C19H31NO3. The number of amides is 1. The standard InChI is InChI=1S/C19H31NO3/c1-5-8-13-19(4,23-15-7-3)18(21)20-16-9-11-17(12-10-16)22-14-6-2/h9-12H,5-8,13-15H2,1-4H3,(H,20,21)/t19-/m0/s1. The molecule has 0 aliphatic rings. The largest absolute Gasteiger partial charge is 0.494 e. The normalized spacial score (nSPS) is 13.4. The zero-order chi connectivity index (χ0) is 17.1. The summed E-state index contributed by atoms with van der Waals surface area (Å²) in [6.07, 6.45) is 4.62. The molecule has 0 unspecified atom stereocenters. The molecule has 1 aromatic rings. The van der Waals surface area contributed by atoms with Crippen LogP contribution in [0.15, 0.2) is 24.3 Å². The molecule has 4 heteroatoms. The third kappa shape index (κ3) is 6.61. The number of rotatable bonds is 11. The minimum Gasteiger partial charge on any atom is -0.494 e. The second-order valence-corrected chi connectivity index (χ2v) is 6.01. The Morgan fingerprint density at radius 1 is 1.04 bits per heavy atom. The zero-order valence-corrected chi connectivity index (χ0v) is 15.0. The fourth-order valence-electron chi connectivity index (χ4n) is 2.21. The highest BCUT2D eigenvalue weighted by Crippen LogP contribution is 2.23. The number of carbonyl (C=O) groups is 1. The summed E-state index contributed by atoms with van der Waals surface area (Å²) in [5.74, 6) is 0.738. The van der Waals surface area contributed by atoms with Gasteiger partial charge >= 0.3 is 0 Å². The van der Waals surface area contributed by atoms with Crippen LogP contribution in [0, 0.1) is 0 Å². The van der Waals surface area contributed by atoms with E-state index in [9.17, 15) is 4.79 Å². The van der Waals surface area contributed by atoms with Gasteiger partial charge in [-0.05, 0) is 50.5 Å². The first-order valence-corrected chi connectivity index (χ1v) is 8.74. The lowest BCUT2D eigenvalue weighted by molar-refractivity contribution is -0.140. The Balaban J connectivity index is 2.69. The second kappa shape index (κ2) is 10.3. The lowest BCUT2D eigenvalue weighted by Gasteiger charge is -2.28. The van der Waals surface area contributed by atoms with Crippen LogP contribution in [0.2, 0.25) is 0 Å². The van der Waals surface area contributed by atoms with E-state index < -0.39 is 5.60 Å². The highest BCUT2D eigenvalue weighted by molar-refractivity contribution is 5.97. The number of hydrogen-bond acceptors (Lipinski definition) is 3. The van der Waals surface area contributed by atoms with E-state index in [-0.39, 0.29) is 5.91 Å². The van der Waals surface area contributed by atoms with Crippen LogP contribution in [0.3, 0.4) is 0 Å². The maximum Gasteiger partial charge on any atom is 0.256 e. The van der Waals surface area contributed by atoms with Gasteiger partial charge in [-0.3, -0.25) is 4.79 Å². The van der Waals surface area contributed by atoms with Crippen molar-refractivity contribution in [3.05, 3.63) is 24.3 Å². The molecule has 1 rings (SSSR count). The number of hydrogen-bond donors (Lipinski definition) is 1. The summed E-state index contributed by atoms with van der Waals surface area (Å²) >= 11 is 0. The van der Waals surface area contributed by atoms with E-state index in [1.54, 1.807) is 0 Å². The highest BCUT2D eigenvalue weighted by Gasteiger charge is 2.33. The number of carbonyl (C=O) groups excluding carboxylic acids is 1. The third-order valence-electron chi connectivity index (χ3n) is 3.70. The smallest absolute Gasteiger partial charge is 0.256 e. The molecule has 130 valence electrons. The number of anilines is 1. The van der Waals surface area contributed by atoms with Crippen LogP contribution in [0.1, 0.15) is 59.8 Å². The van der Waals surface area contributed by atoms with Crippen LogP contribution >= 0.6 is 0 Å². The first-order valence-electron chi connectivity index (χ1n) is 8.74. The van der Waals surface area contributed by atoms with Gasteiger partial charge in [-0.25, -0.2) is 0 Å². The van der Waals surface area contributed by atoms with E-state index in [0.717, 1.165) is 43.5 Å². The van der Waals surface area contributed by atoms with Gasteiger partial charge in [0.05, 0.1) is 6.61 Å². The van der Waals surface area contributed by atoms with E-state index in [1.807, 2.05) is 38.1 Å². The SMILES string of the molecule is CCCC[C@](C)(OCCC)C(=O)Nc1ccc(OCCC)cc1. The predicted molar refractivity (Wildman–Crippen MR) is 95.0 cm³/mol. The average Bonchev–Trinajstić information content (AvgIpc) is 2.57. The molecular weight excluding hydrogens is 290 g/mol. The minimum absolute atomic E-state index is 0.0818. The summed E-state index contributed by atoms with van der Waals surface area (Å²) in [4.78, 5) is 12.6.